The van der Waals surface area contributed by atoms with Crippen LogP contribution >= 0.6 is 0 Å². The van der Waals surface area contributed by atoms with Crippen LogP contribution in [0.2, 0.25) is 0 Å². The molecular weight excluding hydrogens is 324 g/mol. The number of aryl methyl sites for hydroxylation is 2. The number of rotatable bonds is 7. The Kier molecular flexibility index (Phi) is 6.08. The quantitative estimate of drug-likeness (QED) is 0.752. The first-order chi connectivity index (χ1) is 10.5. The molecule has 0 aliphatic heterocycles. The number of benzene rings is 2. The lowest BCUT2D eigenvalue weighted by molar-refractivity contribution is 0.541. The van der Waals surface area contributed by atoms with E-state index in [1.165, 1.54) is 0 Å². The van der Waals surface area contributed by atoms with Crippen LogP contribution in [-0.2, 0) is 35.4 Å². The Hall–Kier alpha value is -1.74. The molecule has 0 heterocycles. The summed E-state index contributed by atoms with van der Waals surface area (Å²) in [6.45, 7) is 0. The first-order valence-electron chi connectivity index (χ1n) is 6.42. The maximum Gasteiger partial charge on any atom is 0.0455 e. The van der Waals surface area contributed by atoms with Gasteiger partial charge in [0.15, 0.2) is 0 Å². The standard InChI is InChI=1S/C14H16N2O4S2/c17-21(18)15-13-5-1-3-11(9-13)7-8-12-4-2-6-14(10-12)16-22(19)20/h1-6,9-10,15-16H,7-8H2,(H,17,18)(H,19,20)/p-2. The van der Waals surface area contributed by atoms with Crippen LogP contribution in [0.3, 0.4) is 0 Å². The van der Waals surface area contributed by atoms with Crippen LogP contribution in [0.5, 0.6) is 0 Å². The number of hydrogen-bond donors (Lipinski definition) is 2. The van der Waals surface area contributed by atoms with Gasteiger partial charge in [0.2, 0.25) is 0 Å². The van der Waals surface area contributed by atoms with E-state index < -0.39 is 22.5 Å². The molecule has 0 bridgehead atoms. The summed E-state index contributed by atoms with van der Waals surface area (Å²) in [5.41, 5.74) is 3.01. The van der Waals surface area contributed by atoms with E-state index in [2.05, 4.69) is 9.44 Å². The molecule has 0 aliphatic carbocycles. The second kappa shape index (κ2) is 8.04. The molecule has 6 nitrogen and oxygen atoms in total. The van der Waals surface area contributed by atoms with E-state index in [4.69, 9.17) is 0 Å². The molecule has 0 saturated carbocycles. The second-order valence-electron chi connectivity index (χ2n) is 4.57. The zero-order valence-corrected chi connectivity index (χ0v) is 13.1. The van der Waals surface area contributed by atoms with Crippen molar-refractivity contribution in [3.05, 3.63) is 59.7 Å². The molecule has 0 aromatic heterocycles. The van der Waals surface area contributed by atoms with E-state index in [9.17, 15) is 17.5 Å². The lowest BCUT2D eigenvalue weighted by atomic mass is 10.0. The largest absolute Gasteiger partial charge is 0.755 e. The highest BCUT2D eigenvalue weighted by Gasteiger charge is 2.00. The molecule has 0 spiro atoms. The first-order valence-corrected chi connectivity index (χ1v) is 8.57. The highest BCUT2D eigenvalue weighted by atomic mass is 32.2. The molecule has 0 radical (unpaired) electrons. The summed E-state index contributed by atoms with van der Waals surface area (Å²) in [5, 5.41) is 0. The van der Waals surface area contributed by atoms with Crippen LogP contribution in [0.4, 0.5) is 11.4 Å². The fourth-order valence-electron chi connectivity index (χ4n) is 2.06. The topological polar surface area (TPSA) is 104 Å². The Morgan fingerprint density at radius 2 is 1.18 bits per heavy atom. The van der Waals surface area contributed by atoms with E-state index in [1.807, 2.05) is 12.1 Å². The van der Waals surface area contributed by atoms with E-state index in [-0.39, 0.29) is 0 Å². The van der Waals surface area contributed by atoms with Crippen LogP contribution < -0.4 is 9.44 Å². The van der Waals surface area contributed by atoms with Gasteiger partial charge in [-0.3, -0.25) is 8.42 Å². The maximum atomic E-state index is 10.6. The molecule has 0 aliphatic rings. The maximum absolute atomic E-state index is 10.6. The van der Waals surface area contributed by atoms with Crippen LogP contribution in [0, 0.1) is 0 Å². The molecule has 22 heavy (non-hydrogen) atoms. The van der Waals surface area contributed by atoms with Crippen molar-refractivity contribution < 1.29 is 17.5 Å². The highest BCUT2D eigenvalue weighted by Crippen LogP contribution is 2.16. The number of nitrogens with one attached hydrogen (secondary N) is 2. The van der Waals surface area contributed by atoms with Crippen molar-refractivity contribution in [3.63, 3.8) is 0 Å². The number of hydrogen-bond acceptors (Lipinski definition) is 4. The molecule has 0 saturated heterocycles. The van der Waals surface area contributed by atoms with Gasteiger partial charge in [0, 0.05) is 33.9 Å². The molecule has 0 amide bonds. The van der Waals surface area contributed by atoms with Crippen LogP contribution in [0.1, 0.15) is 11.1 Å². The Morgan fingerprint density at radius 3 is 1.55 bits per heavy atom. The average molecular weight is 338 g/mol. The third-order valence-electron chi connectivity index (χ3n) is 2.96. The molecule has 2 N–H and O–H groups in total. The van der Waals surface area contributed by atoms with Gasteiger partial charge in [-0.1, -0.05) is 24.3 Å². The van der Waals surface area contributed by atoms with Gasteiger partial charge in [0.05, 0.1) is 0 Å². The van der Waals surface area contributed by atoms with Crippen molar-refractivity contribution >= 4 is 33.9 Å². The minimum absolute atomic E-state index is 0.517. The average Bonchev–Trinajstić information content (AvgIpc) is 2.44. The van der Waals surface area contributed by atoms with Crippen molar-refractivity contribution in [3.8, 4) is 0 Å². The normalized spacial score (nSPS) is 13.4. The molecule has 2 aromatic carbocycles. The Bertz CT molecular complexity index is 635. The van der Waals surface area contributed by atoms with Gasteiger partial charge >= 0.3 is 0 Å². The first kappa shape index (κ1) is 16.6. The molecular formula is C14H14N2O4S2-2. The third kappa shape index (κ3) is 5.57. The number of anilines is 2. The molecule has 2 unspecified atom stereocenters. The smallest absolute Gasteiger partial charge is 0.0455 e. The summed E-state index contributed by atoms with van der Waals surface area (Å²) in [6, 6.07) is 14.3. The SMILES string of the molecule is O=S([O-])Nc1cccc(CCc2cccc(NS(=O)[O-])c2)c1. The molecule has 0 fully saturated rings. The predicted octanol–water partition coefficient (Wildman–Crippen LogP) is 1.88. The lowest BCUT2D eigenvalue weighted by Gasteiger charge is -2.11. The molecule has 118 valence electrons. The lowest BCUT2D eigenvalue weighted by Crippen LogP contribution is -2.03. The van der Waals surface area contributed by atoms with E-state index >= 15 is 0 Å². The van der Waals surface area contributed by atoms with Crippen molar-refractivity contribution in [2.75, 3.05) is 9.44 Å². The minimum Gasteiger partial charge on any atom is -0.755 e. The van der Waals surface area contributed by atoms with Gasteiger partial charge in [0.25, 0.3) is 0 Å². The predicted molar refractivity (Wildman–Crippen MR) is 85.4 cm³/mol. The van der Waals surface area contributed by atoms with Crippen molar-refractivity contribution in [2.24, 2.45) is 0 Å². The molecule has 2 atom stereocenters. The molecule has 2 rings (SSSR count). The minimum atomic E-state index is -2.34. The summed E-state index contributed by atoms with van der Waals surface area (Å²) in [5.74, 6) is 0. The van der Waals surface area contributed by atoms with Gasteiger partial charge in [-0.15, -0.1) is 0 Å². The molecule has 8 heteroatoms. The molecule has 2 aromatic rings. The Morgan fingerprint density at radius 1 is 0.773 bits per heavy atom. The Labute approximate surface area is 133 Å². The van der Waals surface area contributed by atoms with Gasteiger partial charge < -0.3 is 18.5 Å². The van der Waals surface area contributed by atoms with E-state index in [0.29, 0.717) is 24.2 Å². The zero-order valence-electron chi connectivity index (χ0n) is 11.5. The fraction of sp³-hybridized carbons (Fsp3) is 0.143. The van der Waals surface area contributed by atoms with Crippen molar-refractivity contribution in [1.29, 1.82) is 0 Å². The van der Waals surface area contributed by atoms with Crippen LogP contribution in [0.25, 0.3) is 0 Å². The summed E-state index contributed by atoms with van der Waals surface area (Å²) in [7, 11) is 0. The summed E-state index contributed by atoms with van der Waals surface area (Å²) >= 11 is -4.68. The monoisotopic (exact) mass is 338 g/mol. The summed E-state index contributed by atoms with van der Waals surface area (Å²) in [6.07, 6.45) is 1.43. The highest BCUT2D eigenvalue weighted by molar-refractivity contribution is 7.80. The van der Waals surface area contributed by atoms with E-state index in [1.54, 1.807) is 36.4 Å². The van der Waals surface area contributed by atoms with Gasteiger partial charge in [-0.2, -0.15) is 0 Å². The second-order valence-corrected chi connectivity index (χ2v) is 5.92. The van der Waals surface area contributed by atoms with Gasteiger partial charge in [-0.05, 0) is 48.2 Å². The Balaban J connectivity index is 2.00. The van der Waals surface area contributed by atoms with Gasteiger partial charge in [0.1, 0.15) is 0 Å². The third-order valence-corrected chi connectivity index (χ3v) is 3.76. The summed E-state index contributed by atoms with van der Waals surface area (Å²) in [4.78, 5) is 0. The van der Waals surface area contributed by atoms with Crippen LogP contribution in [0.15, 0.2) is 48.5 Å². The fourth-order valence-corrected chi connectivity index (χ4v) is 2.70. The van der Waals surface area contributed by atoms with Crippen molar-refractivity contribution in [2.45, 2.75) is 12.8 Å². The van der Waals surface area contributed by atoms with E-state index in [0.717, 1.165) is 11.1 Å². The van der Waals surface area contributed by atoms with Gasteiger partial charge in [-0.25, -0.2) is 0 Å². The van der Waals surface area contributed by atoms with Crippen LogP contribution in [-0.4, -0.2) is 17.5 Å². The zero-order chi connectivity index (χ0) is 15.9. The summed E-state index contributed by atoms with van der Waals surface area (Å²) < 4.78 is 47.1. The van der Waals surface area contributed by atoms with Crippen molar-refractivity contribution in [1.82, 2.24) is 0 Å².